The number of hydrogen-bond acceptors (Lipinski definition) is 5. The van der Waals surface area contributed by atoms with E-state index in [9.17, 15) is 0 Å². The lowest BCUT2D eigenvalue weighted by Crippen LogP contribution is -2.30. The molecule has 0 saturated heterocycles. The van der Waals surface area contributed by atoms with Crippen LogP contribution >= 0.6 is 12.2 Å². The van der Waals surface area contributed by atoms with Gasteiger partial charge in [0.2, 0.25) is 0 Å². The Balaban J connectivity index is 3.11. The van der Waals surface area contributed by atoms with E-state index in [1.54, 1.807) is 21.2 Å². The lowest BCUT2D eigenvalue weighted by Gasteiger charge is -2.11. The molecule has 0 spiro atoms. The monoisotopic (exact) mass is 352 g/mol. The Morgan fingerprint density at radius 2 is 2.00 bits per heavy atom. The van der Waals surface area contributed by atoms with Gasteiger partial charge in [-0.15, -0.1) is 0 Å². The fourth-order valence-corrected chi connectivity index (χ4v) is 2.49. The molecule has 8 heteroatoms. The second-order valence-electron chi connectivity index (χ2n) is 5.35. The molecule has 1 rings (SSSR count). The number of thiocarbonyl (C=S) groups is 1. The van der Waals surface area contributed by atoms with Crippen molar-refractivity contribution in [3.63, 3.8) is 0 Å². The predicted molar refractivity (Wildman–Crippen MR) is 104 cm³/mol. The summed E-state index contributed by atoms with van der Waals surface area (Å²) in [6.45, 7) is 7.76. The maximum Gasteiger partial charge on any atom is 0.186 e. The number of hydrogen-bond donors (Lipinski definition) is 3. The number of aromatic nitrogens is 1. The molecule has 24 heavy (non-hydrogen) atoms. The van der Waals surface area contributed by atoms with Gasteiger partial charge in [0.05, 0.1) is 5.71 Å². The van der Waals surface area contributed by atoms with Gasteiger partial charge in [-0.25, -0.2) is 0 Å². The van der Waals surface area contributed by atoms with Crippen molar-refractivity contribution >= 4 is 28.8 Å². The summed E-state index contributed by atoms with van der Waals surface area (Å²) in [4.78, 5) is 0. The van der Waals surface area contributed by atoms with Crippen LogP contribution in [-0.4, -0.2) is 48.9 Å². The van der Waals surface area contributed by atoms with Crippen LogP contribution in [0.5, 0.6) is 0 Å². The lowest BCUT2D eigenvalue weighted by atomic mass is 10.1. The van der Waals surface area contributed by atoms with Crippen molar-refractivity contribution in [1.82, 2.24) is 20.7 Å². The Morgan fingerprint density at radius 1 is 1.29 bits per heavy atom. The zero-order valence-electron chi connectivity index (χ0n) is 15.4. The molecule has 0 atom stereocenters. The molecule has 1 heterocycles. The van der Waals surface area contributed by atoms with Gasteiger partial charge in [0.15, 0.2) is 5.11 Å². The first-order valence-electron chi connectivity index (χ1n) is 7.89. The van der Waals surface area contributed by atoms with Crippen LogP contribution in [0.25, 0.3) is 0 Å². The van der Waals surface area contributed by atoms with E-state index < -0.39 is 0 Å². The van der Waals surface area contributed by atoms with Crippen molar-refractivity contribution in [3.05, 3.63) is 23.0 Å². The average Bonchev–Trinajstić information content (AvgIpc) is 2.85. The van der Waals surface area contributed by atoms with Crippen LogP contribution < -0.4 is 16.2 Å². The van der Waals surface area contributed by atoms with Crippen LogP contribution in [0.1, 0.15) is 30.3 Å². The highest BCUT2D eigenvalue weighted by molar-refractivity contribution is 7.80. The van der Waals surface area contributed by atoms with Gasteiger partial charge in [-0.1, -0.05) is 0 Å². The molecule has 0 bridgehead atoms. The molecule has 0 aliphatic heterocycles. The molecule has 0 saturated carbocycles. The molecule has 7 nitrogen and oxygen atoms in total. The number of nitrogens with one attached hydrogen (secondary N) is 3. The Kier molecular flexibility index (Phi) is 8.42. The molecule has 0 amide bonds. The van der Waals surface area contributed by atoms with Crippen LogP contribution in [0.2, 0.25) is 0 Å². The number of rotatable bonds is 8. The number of nitrogens with zero attached hydrogens (tertiary/aromatic N) is 3. The average molecular weight is 353 g/mol. The van der Waals surface area contributed by atoms with Gasteiger partial charge in [-0.05, 0) is 45.5 Å². The molecule has 0 aromatic carbocycles. The number of methoxy groups -OCH3 is 1. The zero-order chi connectivity index (χ0) is 18.1. The Hall–Kier alpha value is -1.93. The largest absolute Gasteiger partial charge is 0.385 e. The summed E-state index contributed by atoms with van der Waals surface area (Å²) < 4.78 is 7.42. The lowest BCUT2D eigenvalue weighted by molar-refractivity contribution is 0.190. The minimum absolute atomic E-state index is 0.461. The van der Waals surface area contributed by atoms with E-state index in [4.69, 9.17) is 17.0 Å². The van der Waals surface area contributed by atoms with Gasteiger partial charge in [0, 0.05) is 51.3 Å². The van der Waals surface area contributed by atoms with E-state index in [-0.39, 0.29) is 0 Å². The van der Waals surface area contributed by atoms with Crippen molar-refractivity contribution in [2.24, 2.45) is 10.2 Å². The van der Waals surface area contributed by atoms with Crippen molar-refractivity contribution in [3.8, 4) is 0 Å². The van der Waals surface area contributed by atoms with Crippen molar-refractivity contribution in [2.45, 2.75) is 33.7 Å². The number of aryl methyl sites for hydroxylation is 1. The minimum atomic E-state index is 0.461. The summed E-state index contributed by atoms with van der Waals surface area (Å²) >= 11 is 5.05. The molecular weight excluding hydrogens is 324 g/mol. The summed E-state index contributed by atoms with van der Waals surface area (Å²) in [5.41, 5.74) is 10.6. The topological polar surface area (TPSA) is 75.0 Å². The summed E-state index contributed by atoms with van der Waals surface area (Å²) in [5.74, 6) is 0. The first-order valence-corrected chi connectivity index (χ1v) is 8.29. The standard InChI is InChI=1S/C16H28N6OS/c1-11-10-14(13(3)22(11)8-7-9-23-6)15(20-18-5)12(2)19-21-16(24)17-4/h10,18H,7-9H2,1-6H3,(H2,17,21,24)/b19-12+,20-15-. The molecule has 3 N–H and O–H groups in total. The predicted octanol–water partition coefficient (Wildman–Crippen LogP) is 1.53. The molecular formula is C16H28N6OS. The third kappa shape index (κ3) is 5.31. The Morgan fingerprint density at radius 3 is 2.58 bits per heavy atom. The smallest absolute Gasteiger partial charge is 0.186 e. The van der Waals surface area contributed by atoms with E-state index in [0.717, 1.165) is 42.3 Å². The summed E-state index contributed by atoms with van der Waals surface area (Å²) in [6.07, 6.45) is 0.968. The van der Waals surface area contributed by atoms with Crippen molar-refractivity contribution in [1.29, 1.82) is 0 Å². The van der Waals surface area contributed by atoms with Gasteiger partial charge in [0.25, 0.3) is 0 Å². The minimum Gasteiger partial charge on any atom is -0.385 e. The molecule has 0 unspecified atom stereocenters. The highest BCUT2D eigenvalue weighted by Crippen LogP contribution is 2.17. The van der Waals surface area contributed by atoms with Crippen LogP contribution in [0.3, 0.4) is 0 Å². The normalized spacial score (nSPS) is 12.2. The third-order valence-corrected chi connectivity index (χ3v) is 3.97. The highest BCUT2D eigenvalue weighted by atomic mass is 32.1. The van der Waals surface area contributed by atoms with Gasteiger partial charge in [0.1, 0.15) is 5.71 Å². The van der Waals surface area contributed by atoms with Gasteiger partial charge in [-0.3, -0.25) is 5.43 Å². The highest BCUT2D eigenvalue weighted by Gasteiger charge is 2.16. The van der Waals surface area contributed by atoms with E-state index >= 15 is 0 Å². The van der Waals surface area contributed by atoms with Crippen molar-refractivity contribution < 1.29 is 4.74 Å². The quantitative estimate of drug-likeness (QED) is 0.286. The van der Waals surface area contributed by atoms with Gasteiger partial charge >= 0.3 is 0 Å². The number of hydrazone groups is 2. The molecule has 0 fully saturated rings. The first kappa shape index (κ1) is 20.1. The van der Waals surface area contributed by atoms with Crippen LogP contribution in [0.15, 0.2) is 16.3 Å². The summed E-state index contributed by atoms with van der Waals surface area (Å²) in [7, 11) is 5.24. The SMILES string of the molecule is CN/N=C(/C(C)=N/NC(=S)NC)c1cc(C)n(CCCOC)c1C. The maximum absolute atomic E-state index is 5.15. The molecule has 0 aliphatic carbocycles. The maximum atomic E-state index is 5.15. The van der Waals surface area contributed by atoms with E-state index in [0.29, 0.717) is 5.11 Å². The van der Waals surface area contributed by atoms with Gasteiger partial charge < -0.3 is 20.0 Å². The van der Waals surface area contributed by atoms with Gasteiger partial charge in [-0.2, -0.15) is 10.2 Å². The molecule has 0 aliphatic rings. The molecule has 1 aromatic rings. The third-order valence-electron chi connectivity index (χ3n) is 3.68. The fourth-order valence-electron chi connectivity index (χ4n) is 2.44. The van der Waals surface area contributed by atoms with Crippen LogP contribution in [0.4, 0.5) is 0 Å². The van der Waals surface area contributed by atoms with E-state index in [2.05, 4.69) is 50.9 Å². The molecule has 134 valence electrons. The van der Waals surface area contributed by atoms with Crippen LogP contribution in [-0.2, 0) is 11.3 Å². The van der Waals surface area contributed by atoms with E-state index in [1.807, 2.05) is 6.92 Å². The van der Waals surface area contributed by atoms with Crippen LogP contribution in [0, 0.1) is 13.8 Å². The second-order valence-corrected chi connectivity index (χ2v) is 5.76. The molecule has 0 radical (unpaired) electrons. The summed E-state index contributed by atoms with van der Waals surface area (Å²) in [6, 6.07) is 2.13. The second kappa shape index (κ2) is 10.0. The fraction of sp³-hybridized carbons (Fsp3) is 0.562. The van der Waals surface area contributed by atoms with E-state index in [1.165, 1.54) is 5.69 Å². The molecule has 1 aromatic heterocycles. The number of ether oxygens (including phenoxy) is 1. The van der Waals surface area contributed by atoms with Crippen molar-refractivity contribution in [2.75, 3.05) is 27.8 Å². The Bertz CT molecular complexity index is 620. The summed E-state index contributed by atoms with van der Waals surface area (Å²) in [5, 5.41) is 12.0. The first-order chi connectivity index (χ1) is 11.5. The zero-order valence-corrected chi connectivity index (χ0v) is 16.2. The Labute approximate surface area is 149 Å².